The molecule has 0 unspecified atom stereocenters. The summed E-state index contributed by atoms with van der Waals surface area (Å²) in [5.74, 6) is 0.543. The zero-order valence-electron chi connectivity index (χ0n) is 24.4. The monoisotopic (exact) mass is 606 g/mol. The fourth-order valence-corrected chi connectivity index (χ4v) is 6.65. The smallest absolute Gasteiger partial charge is 0.240 e. The van der Waals surface area contributed by atoms with Gasteiger partial charge in [0.2, 0.25) is 11.8 Å². The number of hydrogen-bond donors (Lipinski definition) is 1. The van der Waals surface area contributed by atoms with E-state index in [1.54, 1.807) is 28.8 Å². The van der Waals surface area contributed by atoms with Gasteiger partial charge >= 0.3 is 0 Å². The first-order valence-corrected chi connectivity index (χ1v) is 15.3. The van der Waals surface area contributed by atoms with Crippen LogP contribution in [-0.2, 0) is 16.1 Å². The summed E-state index contributed by atoms with van der Waals surface area (Å²) >= 11 is 1.54. The molecule has 1 aliphatic heterocycles. The van der Waals surface area contributed by atoms with Gasteiger partial charge in [-0.25, -0.2) is 9.07 Å². The Balaban J connectivity index is 1.50. The number of carbonyl (C=O) groups excluding carboxylic acids is 2. The number of anilines is 1. The molecular weight excluding hydrogens is 575 g/mol. The maximum Gasteiger partial charge on any atom is 0.240 e. The van der Waals surface area contributed by atoms with Gasteiger partial charge in [0.1, 0.15) is 23.9 Å². The van der Waals surface area contributed by atoms with E-state index in [0.29, 0.717) is 11.6 Å². The van der Waals surface area contributed by atoms with Crippen LogP contribution in [0.3, 0.4) is 0 Å². The highest BCUT2D eigenvalue weighted by Gasteiger charge is 2.38. The third kappa shape index (κ3) is 5.96. The largest absolute Gasteiger partial charge is 0.497 e. The molecule has 0 spiro atoms. The quantitative estimate of drug-likeness (QED) is 0.219. The Bertz CT molecular complexity index is 1790. The average molecular weight is 607 g/mol. The summed E-state index contributed by atoms with van der Waals surface area (Å²) in [6, 6.07) is 31.5. The van der Waals surface area contributed by atoms with E-state index in [2.05, 4.69) is 24.4 Å². The Morgan fingerprint density at radius 2 is 1.68 bits per heavy atom. The first-order chi connectivity index (χ1) is 21.4. The fourth-order valence-electron chi connectivity index (χ4n) is 5.36. The van der Waals surface area contributed by atoms with Crippen LogP contribution in [0.1, 0.15) is 27.5 Å². The number of nitrogens with one attached hydrogen (secondary N) is 1. The lowest BCUT2D eigenvalue weighted by Gasteiger charge is -2.23. The topological polar surface area (TPSA) is 76.5 Å². The zero-order valence-corrected chi connectivity index (χ0v) is 25.2. The lowest BCUT2D eigenvalue weighted by Crippen LogP contribution is -2.42. The summed E-state index contributed by atoms with van der Waals surface area (Å²) in [6.07, 6.45) is 0. The number of hydrogen-bond acceptors (Lipinski definition) is 5. The van der Waals surface area contributed by atoms with E-state index in [1.807, 2.05) is 66.7 Å². The molecule has 9 heteroatoms. The highest BCUT2D eigenvalue weighted by molar-refractivity contribution is 8.00. The summed E-state index contributed by atoms with van der Waals surface area (Å²) in [5, 5.41) is 7.81. The van der Waals surface area contributed by atoms with Gasteiger partial charge in [-0.05, 0) is 60.0 Å². The van der Waals surface area contributed by atoms with Crippen LogP contribution in [0.15, 0.2) is 103 Å². The second-order valence-electron chi connectivity index (χ2n) is 10.5. The minimum atomic E-state index is -0.343. The van der Waals surface area contributed by atoms with Crippen LogP contribution in [0.25, 0.3) is 16.9 Å². The predicted octanol–water partition coefficient (Wildman–Crippen LogP) is 6.48. The van der Waals surface area contributed by atoms with Gasteiger partial charge in [-0.15, -0.1) is 11.8 Å². The van der Waals surface area contributed by atoms with Crippen molar-refractivity contribution in [2.45, 2.75) is 18.7 Å². The number of amides is 2. The number of benzene rings is 4. The molecule has 1 aliphatic rings. The van der Waals surface area contributed by atoms with Crippen molar-refractivity contribution in [2.75, 3.05) is 24.3 Å². The van der Waals surface area contributed by atoms with Gasteiger partial charge in [0.25, 0.3) is 0 Å². The number of methoxy groups -OCH3 is 1. The van der Waals surface area contributed by atoms with Gasteiger partial charge < -0.3 is 10.1 Å². The lowest BCUT2D eigenvalue weighted by molar-refractivity contribution is -0.123. The van der Waals surface area contributed by atoms with Gasteiger partial charge in [-0.1, -0.05) is 66.7 Å². The van der Waals surface area contributed by atoms with E-state index in [-0.39, 0.29) is 41.7 Å². The van der Waals surface area contributed by atoms with E-state index in [1.165, 1.54) is 23.9 Å². The second kappa shape index (κ2) is 12.8. The van der Waals surface area contributed by atoms with Crippen LogP contribution in [0.4, 0.5) is 10.2 Å². The zero-order chi connectivity index (χ0) is 30.6. The van der Waals surface area contributed by atoms with Crippen molar-refractivity contribution in [3.63, 3.8) is 0 Å². The third-order valence-electron chi connectivity index (χ3n) is 7.63. The number of rotatable bonds is 8. The van der Waals surface area contributed by atoms with E-state index < -0.39 is 0 Å². The molecule has 1 atom stereocenters. The number of nitrogens with zero attached hydrogens (tertiary/aromatic N) is 3. The molecule has 0 saturated carbocycles. The maximum absolute atomic E-state index is 13.9. The summed E-state index contributed by atoms with van der Waals surface area (Å²) < 4.78 is 20.5. The molecule has 44 heavy (non-hydrogen) atoms. The Morgan fingerprint density at radius 1 is 0.977 bits per heavy atom. The fraction of sp³-hybridized carbons (Fsp3) is 0.171. The number of aryl methyl sites for hydroxylation is 1. The third-order valence-corrected chi connectivity index (χ3v) is 8.87. The molecule has 2 amide bonds. The van der Waals surface area contributed by atoms with Crippen molar-refractivity contribution in [1.82, 2.24) is 15.1 Å². The van der Waals surface area contributed by atoms with E-state index in [0.717, 1.165) is 39.2 Å². The Kier molecular flexibility index (Phi) is 8.47. The summed E-state index contributed by atoms with van der Waals surface area (Å²) in [7, 11) is 1.61. The predicted molar refractivity (Wildman–Crippen MR) is 172 cm³/mol. The van der Waals surface area contributed by atoms with Gasteiger partial charge in [0, 0.05) is 17.7 Å². The van der Waals surface area contributed by atoms with Gasteiger partial charge in [-0.2, -0.15) is 5.10 Å². The normalized spacial score (nSPS) is 14.6. The maximum atomic E-state index is 13.9. The molecule has 0 aliphatic carbocycles. The van der Waals surface area contributed by atoms with Crippen LogP contribution in [0.2, 0.25) is 0 Å². The van der Waals surface area contributed by atoms with Crippen molar-refractivity contribution in [3.8, 4) is 22.7 Å². The highest BCUT2D eigenvalue weighted by Crippen LogP contribution is 2.49. The molecule has 0 radical (unpaired) electrons. The Labute approximate surface area is 259 Å². The van der Waals surface area contributed by atoms with Crippen LogP contribution in [0.5, 0.6) is 5.75 Å². The van der Waals surface area contributed by atoms with E-state index in [9.17, 15) is 14.0 Å². The molecule has 5 aromatic rings. The van der Waals surface area contributed by atoms with Gasteiger partial charge in [0.15, 0.2) is 0 Å². The molecular formula is C35H31FN4O3S. The van der Waals surface area contributed by atoms with Crippen molar-refractivity contribution in [3.05, 3.63) is 131 Å². The summed E-state index contributed by atoms with van der Waals surface area (Å²) in [6.45, 7) is 2.07. The van der Waals surface area contributed by atoms with Crippen LogP contribution >= 0.6 is 11.8 Å². The molecule has 4 aromatic carbocycles. The van der Waals surface area contributed by atoms with Gasteiger partial charge in [-0.3, -0.25) is 14.5 Å². The average Bonchev–Trinajstić information content (AvgIpc) is 3.38. The Morgan fingerprint density at radius 3 is 2.39 bits per heavy atom. The minimum absolute atomic E-state index is 0.176. The molecule has 2 heterocycles. The lowest BCUT2D eigenvalue weighted by atomic mass is 9.97. The Hall–Kier alpha value is -4.89. The molecule has 1 N–H and O–H groups in total. The molecule has 7 nitrogen and oxygen atoms in total. The molecule has 6 rings (SSSR count). The molecule has 0 bridgehead atoms. The van der Waals surface area contributed by atoms with Crippen molar-refractivity contribution >= 4 is 29.4 Å². The van der Waals surface area contributed by atoms with Crippen molar-refractivity contribution < 1.29 is 18.7 Å². The number of aromatic nitrogens is 2. The number of thioether (sulfide) groups is 1. The number of halogens is 1. The van der Waals surface area contributed by atoms with Gasteiger partial charge in [0.05, 0.1) is 29.5 Å². The van der Waals surface area contributed by atoms with Crippen LogP contribution in [0, 0.1) is 12.7 Å². The number of fused-ring (bicyclic) bond motifs is 1. The van der Waals surface area contributed by atoms with E-state index in [4.69, 9.17) is 9.84 Å². The van der Waals surface area contributed by atoms with Crippen molar-refractivity contribution in [2.24, 2.45) is 0 Å². The second-order valence-corrected chi connectivity index (χ2v) is 11.6. The highest BCUT2D eigenvalue weighted by atomic mass is 32.2. The standard InChI is InChI=1S/C35H31FN4O3S/c1-23-8-6-7-11-29(23)34-32-33(25-9-4-3-5-10-25)38-40(27-16-18-28(43-2)19-17-27)35(32)39(31(42)22-44-34)21-30(41)37-20-24-12-14-26(36)15-13-24/h3-19,34H,20-22H2,1-2H3,(H,37,41)/t34-/m0/s1. The first kappa shape index (κ1) is 29.2. The molecule has 222 valence electrons. The SMILES string of the molecule is COc1ccc(-n2nc(-c3ccccc3)c3c2N(CC(=O)NCc2ccc(F)cc2)C(=O)CS[C@H]3c2ccccc2C)cc1. The molecule has 0 fully saturated rings. The number of carbonyl (C=O) groups is 2. The molecule has 1 aromatic heterocycles. The van der Waals surface area contributed by atoms with Crippen LogP contribution < -0.4 is 15.0 Å². The summed E-state index contributed by atoms with van der Waals surface area (Å²) in [4.78, 5) is 28.9. The van der Waals surface area contributed by atoms with Crippen LogP contribution in [-0.4, -0.2) is 41.0 Å². The van der Waals surface area contributed by atoms with E-state index >= 15 is 0 Å². The number of ether oxygens (including phenoxy) is 1. The molecule has 0 saturated heterocycles. The minimum Gasteiger partial charge on any atom is -0.497 e. The summed E-state index contributed by atoms with van der Waals surface area (Å²) in [5.41, 5.74) is 6.18. The first-order valence-electron chi connectivity index (χ1n) is 14.2. The van der Waals surface area contributed by atoms with Crippen molar-refractivity contribution in [1.29, 1.82) is 0 Å².